The lowest BCUT2D eigenvalue weighted by molar-refractivity contribution is 0.0696. The highest BCUT2D eigenvalue weighted by Crippen LogP contribution is 2.24. The molecule has 37 heavy (non-hydrogen) atoms. The molecule has 0 spiro atoms. The Bertz CT molecular complexity index is 1620. The Hall–Kier alpha value is -4.05. The summed E-state index contributed by atoms with van der Waals surface area (Å²) < 4.78 is 3.84. The number of aromatic carboxylic acids is 2. The summed E-state index contributed by atoms with van der Waals surface area (Å²) in [7, 11) is 0. The molecule has 0 bridgehead atoms. The maximum Gasteiger partial charge on any atom is 0.335 e. The molecule has 0 saturated carbocycles. The highest BCUT2D eigenvalue weighted by molar-refractivity contribution is 9.10. The lowest BCUT2D eigenvalue weighted by Gasteiger charge is -2.14. The van der Waals surface area contributed by atoms with Gasteiger partial charge < -0.3 is 14.8 Å². The van der Waals surface area contributed by atoms with E-state index < -0.39 is 11.9 Å². The molecule has 4 rings (SSSR count). The van der Waals surface area contributed by atoms with Crippen molar-refractivity contribution in [1.29, 1.82) is 0 Å². The minimum Gasteiger partial charge on any atom is -0.478 e. The fourth-order valence-corrected chi connectivity index (χ4v) is 4.56. The summed E-state index contributed by atoms with van der Waals surface area (Å²) in [6.07, 6.45) is 2.33. The molecule has 1 atom stereocenters. The van der Waals surface area contributed by atoms with E-state index in [1.54, 1.807) is 22.9 Å². The maximum atomic E-state index is 13.4. The van der Waals surface area contributed by atoms with Gasteiger partial charge in [0.1, 0.15) is 5.82 Å². The van der Waals surface area contributed by atoms with Gasteiger partial charge in [-0.15, -0.1) is 0 Å². The molecule has 2 heterocycles. The third kappa shape index (κ3) is 4.97. The molecule has 10 heteroatoms. The zero-order valence-corrected chi connectivity index (χ0v) is 22.3. The van der Waals surface area contributed by atoms with E-state index in [0.717, 1.165) is 22.7 Å². The van der Waals surface area contributed by atoms with E-state index in [1.807, 2.05) is 39.8 Å². The van der Waals surface area contributed by atoms with E-state index in [0.29, 0.717) is 33.7 Å². The van der Waals surface area contributed by atoms with Crippen molar-refractivity contribution in [3.05, 3.63) is 91.2 Å². The maximum absolute atomic E-state index is 13.4. The summed E-state index contributed by atoms with van der Waals surface area (Å²) in [6.45, 7) is 7.64. The summed E-state index contributed by atoms with van der Waals surface area (Å²) in [6, 6.07) is 11.2. The second kappa shape index (κ2) is 10.1. The van der Waals surface area contributed by atoms with Gasteiger partial charge in [-0.25, -0.2) is 14.6 Å². The van der Waals surface area contributed by atoms with Gasteiger partial charge in [-0.05, 0) is 62.7 Å². The topological polar surface area (TPSA) is 127 Å². The molecule has 0 fully saturated rings. The molecule has 0 unspecified atom stereocenters. The zero-order valence-electron chi connectivity index (χ0n) is 20.7. The molecule has 2 aromatic heterocycles. The van der Waals surface area contributed by atoms with Crippen LogP contribution in [0.4, 0.5) is 0 Å². The number of hydrogen-bond donors (Lipinski definition) is 2. The monoisotopic (exact) mass is 564 g/mol. The number of halogens is 1. The summed E-state index contributed by atoms with van der Waals surface area (Å²) >= 11 is 3.41. The standard InChI is InChI=1S/C27H25BrN4O5/c1-5-14(2)24-30-23-7-6-20(28)12-22(23)25(33)32(24)29-13-19-8-15(3)31(16(19)4)21-10-17(26(34)35)9-18(11-21)27(36)37/h6-14H,5H2,1-4H3,(H,34,35)(H,36,37)/t14-/m1/s1. The van der Waals surface area contributed by atoms with Crippen LogP contribution in [-0.2, 0) is 0 Å². The Labute approximate surface area is 220 Å². The number of hydrogen-bond acceptors (Lipinski definition) is 5. The van der Waals surface area contributed by atoms with Crippen molar-refractivity contribution in [1.82, 2.24) is 14.2 Å². The molecule has 0 radical (unpaired) electrons. The normalized spacial score (nSPS) is 12.4. The molecule has 4 aromatic rings. The molecule has 0 aliphatic rings. The highest BCUT2D eigenvalue weighted by Gasteiger charge is 2.18. The van der Waals surface area contributed by atoms with Crippen molar-refractivity contribution < 1.29 is 19.8 Å². The van der Waals surface area contributed by atoms with E-state index in [-0.39, 0.29) is 22.6 Å². The number of aromatic nitrogens is 3. The largest absolute Gasteiger partial charge is 0.478 e. The van der Waals surface area contributed by atoms with Crippen molar-refractivity contribution in [3.8, 4) is 5.69 Å². The van der Waals surface area contributed by atoms with Gasteiger partial charge in [-0.1, -0.05) is 29.8 Å². The van der Waals surface area contributed by atoms with Crippen molar-refractivity contribution in [3.63, 3.8) is 0 Å². The van der Waals surface area contributed by atoms with Gasteiger partial charge in [0.25, 0.3) is 5.56 Å². The van der Waals surface area contributed by atoms with Crippen molar-refractivity contribution in [2.45, 2.75) is 40.0 Å². The Balaban J connectivity index is 1.86. The van der Waals surface area contributed by atoms with E-state index in [1.165, 1.54) is 16.8 Å². The summed E-state index contributed by atoms with van der Waals surface area (Å²) in [5.41, 5.74) is 2.59. The molecule has 190 valence electrons. The summed E-state index contributed by atoms with van der Waals surface area (Å²) in [5, 5.41) is 23.9. The smallest absolute Gasteiger partial charge is 0.335 e. The van der Waals surface area contributed by atoms with Crippen LogP contribution in [0.25, 0.3) is 16.6 Å². The number of carbonyl (C=O) groups is 2. The van der Waals surface area contributed by atoms with Crippen LogP contribution in [0.2, 0.25) is 0 Å². The molecule has 9 nitrogen and oxygen atoms in total. The fraction of sp³-hybridized carbons (Fsp3) is 0.222. The van der Waals surface area contributed by atoms with Crippen molar-refractivity contribution in [2.75, 3.05) is 0 Å². The second-order valence-electron chi connectivity index (χ2n) is 8.84. The number of carboxylic acids is 2. The Morgan fingerprint density at radius 3 is 2.32 bits per heavy atom. The molecule has 0 saturated heterocycles. The Morgan fingerprint density at radius 2 is 1.73 bits per heavy atom. The van der Waals surface area contributed by atoms with Crippen LogP contribution in [0, 0.1) is 13.8 Å². The van der Waals surface area contributed by atoms with Crippen LogP contribution in [0.1, 0.15) is 69.7 Å². The van der Waals surface area contributed by atoms with Gasteiger partial charge >= 0.3 is 11.9 Å². The summed E-state index contributed by atoms with van der Waals surface area (Å²) in [5.74, 6) is -1.91. The predicted molar refractivity (Wildman–Crippen MR) is 145 cm³/mol. The third-order valence-corrected chi connectivity index (χ3v) is 6.83. The van der Waals surface area contributed by atoms with Gasteiger partial charge in [0, 0.05) is 33.0 Å². The van der Waals surface area contributed by atoms with Crippen LogP contribution in [0.3, 0.4) is 0 Å². The lowest BCUT2D eigenvalue weighted by atomic mass is 10.1. The molecule has 0 aliphatic heterocycles. The Morgan fingerprint density at radius 1 is 1.08 bits per heavy atom. The van der Waals surface area contributed by atoms with Gasteiger partial charge in [0.05, 0.1) is 28.2 Å². The average molecular weight is 565 g/mol. The number of fused-ring (bicyclic) bond motifs is 1. The summed E-state index contributed by atoms with van der Waals surface area (Å²) in [4.78, 5) is 41.3. The number of carboxylic acid groups (broad SMARTS) is 2. The van der Waals surface area contributed by atoms with Crippen LogP contribution in [0.15, 0.2) is 56.8 Å². The van der Waals surface area contributed by atoms with E-state index in [4.69, 9.17) is 4.98 Å². The van der Waals surface area contributed by atoms with E-state index in [9.17, 15) is 24.6 Å². The molecular weight excluding hydrogens is 540 g/mol. The van der Waals surface area contributed by atoms with Gasteiger partial charge in [0.2, 0.25) is 0 Å². The predicted octanol–water partition coefficient (Wildman–Crippen LogP) is 5.36. The van der Waals surface area contributed by atoms with E-state index in [2.05, 4.69) is 21.0 Å². The second-order valence-corrected chi connectivity index (χ2v) is 9.76. The van der Waals surface area contributed by atoms with Crippen LogP contribution in [0.5, 0.6) is 0 Å². The highest BCUT2D eigenvalue weighted by atomic mass is 79.9. The first-order valence-corrected chi connectivity index (χ1v) is 12.4. The van der Waals surface area contributed by atoms with Crippen LogP contribution >= 0.6 is 15.9 Å². The van der Waals surface area contributed by atoms with Gasteiger partial charge in [-0.2, -0.15) is 9.78 Å². The molecule has 0 aliphatic carbocycles. The minimum absolute atomic E-state index is 0.0153. The van der Waals surface area contributed by atoms with Crippen LogP contribution < -0.4 is 5.56 Å². The number of benzene rings is 2. The van der Waals surface area contributed by atoms with Gasteiger partial charge in [0.15, 0.2) is 0 Å². The SMILES string of the molecule is CC[C@@H](C)c1nc2ccc(Br)cc2c(=O)n1N=Cc1cc(C)n(-c2cc(C(=O)O)cc(C(=O)O)c2)c1C. The van der Waals surface area contributed by atoms with Gasteiger partial charge in [-0.3, -0.25) is 4.79 Å². The zero-order chi connectivity index (χ0) is 27.0. The number of rotatable bonds is 7. The average Bonchev–Trinajstić information content (AvgIpc) is 3.15. The lowest BCUT2D eigenvalue weighted by Crippen LogP contribution is -2.23. The van der Waals surface area contributed by atoms with Crippen molar-refractivity contribution in [2.24, 2.45) is 5.10 Å². The first-order valence-electron chi connectivity index (χ1n) is 11.6. The fourth-order valence-electron chi connectivity index (χ4n) is 4.20. The molecular formula is C27H25BrN4O5. The van der Waals surface area contributed by atoms with Crippen molar-refractivity contribution >= 4 is 45.0 Å². The molecule has 0 amide bonds. The number of aryl methyl sites for hydroxylation is 1. The van der Waals surface area contributed by atoms with Crippen LogP contribution in [-0.4, -0.2) is 42.6 Å². The number of nitrogens with zero attached hydrogens (tertiary/aromatic N) is 4. The molecule has 2 N–H and O–H groups in total. The first-order chi connectivity index (χ1) is 17.5. The quantitative estimate of drug-likeness (QED) is 0.291. The third-order valence-electron chi connectivity index (χ3n) is 6.34. The molecule has 2 aromatic carbocycles. The first kappa shape index (κ1) is 26.0. The minimum atomic E-state index is -1.22. The Kier molecular flexibility index (Phi) is 7.13. The van der Waals surface area contributed by atoms with E-state index >= 15 is 0 Å².